The molecule has 1 amide bonds. The van der Waals surface area contributed by atoms with Crippen LogP contribution in [0.25, 0.3) is 0 Å². The quantitative estimate of drug-likeness (QED) is 0.934. The summed E-state index contributed by atoms with van der Waals surface area (Å²) in [6.45, 7) is 4.35. The Morgan fingerprint density at radius 1 is 1.24 bits per heavy atom. The molecule has 2 N–H and O–H groups in total. The Morgan fingerprint density at radius 2 is 2.00 bits per heavy atom. The van der Waals surface area contributed by atoms with Crippen LogP contribution in [0.2, 0.25) is 0 Å². The molecule has 2 aliphatic rings. The second kappa shape index (κ2) is 6.56. The van der Waals surface area contributed by atoms with Crippen molar-refractivity contribution in [3.63, 3.8) is 0 Å². The second-order valence-corrected chi connectivity index (χ2v) is 7.21. The summed E-state index contributed by atoms with van der Waals surface area (Å²) in [6, 6.07) is 11.1. The van der Waals surface area contributed by atoms with Crippen LogP contribution in [0.1, 0.15) is 41.4 Å². The van der Waals surface area contributed by atoms with Crippen LogP contribution < -0.4 is 10.6 Å². The van der Waals surface area contributed by atoms with E-state index in [4.69, 9.17) is 10.2 Å². The van der Waals surface area contributed by atoms with Crippen molar-refractivity contribution in [3.05, 3.63) is 53.5 Å². The molecule has 3 heterocycles. The molecule has 132 valence electrons. The minimum absolute atomic E-state index is 0.00737. The summed E-state index contributed by atoms with van der Waals surface area (Å²) < 4.78 is 5.59. The number of benzene rings is 1. The van der Waals surface area contributed by atoms with Gasteiger partial charge in [0, 0.05) is 43.0 Å². The highest BCUT2D eigenvalue weighted by Crippen LogP contribution is 2.33. The minimum atomic E-state index is -0.00737. The molecular weight excluding hydrogens is 314 g/mol. The van der Waals surface area contributed by atoms with Crippen molar-refractivity contribution >= 4 is 11.6 Å². The van der Waals surface area contributed by atoms with Crippen LogP contribution in [0.3, 0.4) is 0 Å². The highest BCUT2D eigenvalue weighted by molar-refractivity contribution is 5.93. The Kier molecular flexibility index (Phi) is 4.25. The largest absolute Gasteiger partial charge is 0.459 e. The molecule has 5 heteroatoms. The zero-order valence-corrected chi connectivity index (χ0v) is 14.6. The SMILES string of the molecule is CC1Cc2ccccc2N1Cc1ccoc1C(=O)N1CCC(N)CC1. The molecule has 4 rings (SSSR count). The zero-order valence-electron chi connectivity index (χ0n) is 14.6. The maximum absolute atomic E-state index is 12.9. The Morgan fingerprint density at radius 3 is 2.80 bits per heavy atom. The number of furan rings is 1. The maximum Gasteiger partial charge on any atom is 0.289 e. The van der Waals surface area contributed by atoms with Gasteiger partial charge in [0.25, 0.3) is 5.91 Å². The van der Waals surface area contributed by atoms with Crippen LogP contribution in [-0.4, -0.2) is 36.0 Å². The molecule has 0 bridgehead atoms. The molecule has 1 fully saturated rings. The van der Waals surface area contributed by atoms with E-state index < -0.39 is 0 Å². The Hall–Kier alpha value is -2.27. The van der Waals surface area contributed by atoms with Crippen molar-refractivity contribution in [1.82, 2.24) is 4.90 Å². The molecule has 2 aromatic rings. The lowest BCUT2D eigenvalue weighted by Gasteiger charge is -2.30. The lowest BCUT2D eigenvalue weighted by molar-refractivity contribution is 0.0681. The van der Waals surface area contributed by atoms with Gasteiger partial charge in [0.1, 0.15) is 0 Å². The number of nitrogens with zero attached hydrogens (tertiary/aromatic N) is 2. The maximum atomic E-state index is 12.9. The number of piperidine rings is 1. The van der Waals surface area contributed by atoms with Crippen LogP contribution in [0.15, 0.2) is 41.0 Å². The number of anilines is 1. The molecule has 0 aliphatic carbocycles. The number of nitrogens with two attached hydrogens (primary N) is 1. The fourth-order valence-corrected chi connectivity index (χ4v) is 3.95. The van der Waals surface area contributed by atoms with Crippen LogP contribution >= 0.6 is 0 Å². The van der Waals surface area contributed by atoms with Crippen LogP contribution in [0.5, 0.6) is 0 Å². The van der Waals surface area contributed by atoms with Gasteiger partial charge in [0.2, 0.25) is 0 Å². The highest BCUT2D eigenvalue weighted by atomic mass is 16.3. The average Bonchev–Trinajstić information content (AvgIpc) is 3.20. The first-order chi connectivity index (χ1) is 12.1. The Balaban J connectivity index is 1.53. The number of hydrogen-bond donors (Lipinski definition) is 1. The molecule has 1 unspecified atom stereocenters. The van der Waals surface area contributed by atoms with Gasteiger partial charge in [-0.3, -0.25) is 4.79 Å². The molecule has 1 aromatic carbocycles. The third-order valence-corrected chi connectivity index (χ3v) is 5.46. The predicted octanol–water partition coefficient (Wildman–Crippen LogP) is 2.79. The monoisotopic (exact) mass is 339 g/mol. The van der Waals surface area contributed by atoms with Gasteiger partial charge in [0.15, 0.2) is 5.76 Å². The van der Waals surface area contributed by atoms with Gasteiger partial charge in [-0.2, -0.15) is 0 Å². The van der Waals surface area contributed by atoms with Crippen molar-refractivity contribution in [3.8, 4) is 0 Å². The van der Waals surface area contributed by atoms with Crippen molar-refractivity contribution in [2.24, 2.45) is 5.73 Å². The van der Waals surface area contributed by atoms with Gasteiger partial charge in [-0.1, -0.05) is 18.2 Å². The number of rotatable bonds is 3. The van der Waals surface area contributed by atoms with E-state index in [9.17, 15) is 4.79 Å². The first-order valence-electron chi connectivity index (χ1n) is 9.09. The molecular formula is C20H25N3O2. The number of para-hydroxylation sites is 1. The Bertz CT molecular complexity index is 762. The third kappa shape index (κ3) is 3.04. The first kappa shape index (κ1) is 16.2. The van der Waals surface area contributed by atoms with Crippen molar-refractivity contribution in [1.29, 1.82) is 0 Å². The number of likely N-dealkylation sites (tertiary alicyclic amines) is 1. The molecule has 0 saturated carbocycles. The van der Waals surface area contributed by atoms with E-state index in [0.717, 1.165) is 24.8 Å². The van der Waals surface area contributed by atoms with E-state index >= 15 is 0 Å². The van der Waals surface area contributed by atoms with Gasteiger partial charge >= 0.3 is 0 Å². The molecule has 1 saturated heterocycles. The molecule has 0 radical (unpaired) electrons. The number of amides is 1. The van der Waals surface area contributed by atoms with E-state index in [1.807, 2.05) is 11.0 Å². The van der Waals surface area contributed by atoms with Crippen LogP contribution in [0, 0.1) is 0 Å². The molecule has 0 spiro atoms. The number of hydrogen-bond acceptors (Lipinski definition) is 4. The minimum Gasteiger partial charge on any atom is -0.459 e. The second-order valence-electron chi connectivity index (χ2n) is 7.21. The molecule has 1 atom stereocenters. The topological polar surface area (TPSA) is 62.7 Å². The lowest BCUT2D eigenvalue weighted by atomic mass is 10.1. The van der Waals surface area contributed by atoms with Gasteiger partial charge in [-0.25, -0.2) is 0 Å². The summed E-state index contributed by atoms with van der Waals surface area (Å²) in [5.41, 5.74) is 9.54. The van der Waals surface area contributed by atoms with Crippen molar-refractivity contribution in [2.75, 3.05) is 18.0 Å². The molecule has 2 aliphatic heterocycles. The van der Waals surface area contributed by atoms with Gasteiger partial charge < -0.3 is 20.0 Å². The normalized spacial score (nSPS) is 20.8. The van der Waals surface area contributed by atoms with E-state index in [2.05, 4.69) is 36.1 Å². The average molecular weight is 339 g/mol. The summed E-state index contributed by atoms with van der Waals surface area (Å²) in [7, 11) is 0. The summed E-state index contributed by atoms with van der Waals surface area (Å²) in [5, 5.41) is 0. The van der Waals surface area contributed by atoms with E-state index in [1.54, 1.807) is 6.26 Å². The summed E-state index contributed by atoms with van der Waals surface area (Å²) in [4.78, 5) is 17.1. The molecule has 25 heavy (non-hydrogen) atoms. The van der Waals surface area contributed by atoms with Crippen LogP contribution in [-0.2, 0) is 13.0 Å². The summed E-state index contributed by atoms with van der Waals surface area (Å²) >= 11 is 0. The first-order valence-corrected chi connectivity index (χ1v) is 9.09. The summed E-state index contributed by atoms with van der Waals surface area (Å²) in [5.74, 6) is 0.471. The van der Waals surface area contributed by atoms with Crippen molar-refractivity contribution < 1.29 is 9.21 Å². The smallest absolute Gasteiger partial charge is 0.289 e. The fraction of sp³-hybridized carbons (Fsp3) is 0.450. The lowest BCUT2D eigenvalue weighted by Crippen LogP contribution is -2.43. The standard InChI is InChI=1S/C20H25N3O2/c1-14-12-15-4-2-3-5-18(15)23(14)13-16-8-11-25-19(16)20(24)22-9-6-17(21)7-10-22/h2-5,8,11,14,17H,6-7,9-10,12-13,21H2,1H3. The molecule has 1 aromatic heterocycles. The van der Waals surface area contributed by atoms with Crippen LogP contribution in [0.4, 0.5) is 5.69 Å². The zero-order chi connectivity index (χ0) is 17.4. The number of fused-ring (bicyclic) bond motifs is 1. The molecule has 5 nitrogen and oxygen atoms in total. The fourth-order valence-electron chi connectivity index (χ4n) is 3.95. The summed E-state index contributed by atoms with van der Waals surface area (Å²) in [6.07, 6.45) is 4.39. The van der Waals surface area contributed by atoms with E-state index in [1.165, 1.54) is 11.3 Å². The van der Waals surface area contributed by atoms with Gasteiger partial charge in [-0.15, -0.1) is 0 Å². The highest BCUT2D eigenvalue weighted by Gasteiger charge is 2.30. The van der Waals surface area contributed by atoms with Crippen molar-refractivity contribution in [2.45, 2.75) is 44.8 Å². The third-order valence-electron chi connectivity index (χ3n) is 5.46. The van der Waals surface area contributed by atoms with Gasteiger partial charge in [0.05, 0.1) is 6.26 Å². The Labute approximate surface area is 148 Å². The van der Waals surface area contributed by atoms with E-state index in [0.29, 0.717) is 31.4 Å². The van der Waals surface area contributed by atoms with Gasteiger partial charge in [-0.05, 0) is 43.9 Å². The predicted molar refractivity (Wildman–Crippen MR) is 97.6 cm³/mol. The number of carbonyl (C=O) groups excluding carboxylic acids is 1. The van der Waals surface area contributed by atoms with E-state index in [-0.39, 0.29) is 11.9 Å². The number of carbonyl (C=O) groups is 1.